The van der Waals surface area contributed by atoms with Crippen molar-refractivity contribution in [3.8, 4) is 0 Å². The number of benzene rings is 2. The number of carbonyl (C=O) groups excluding carboxylic acids is 3. The van der Waals surface area contributed by atoms with E-state index in [2.05, 4.69) is 37.9 Å². The van der Waals surface area contributed by atoms with E-state index in [0.29, 0.717) is 16.5 Å². The Balaban J connectivity index is 1.74. The number of imide groups is 2. The van der Waals surface area contributed by atoms with Gasteiger partial charge in [0.25, 0.3) is 11.8 Å². The van der Waals surface area contributed by atoms with Crippen molar-refractivity contribution in [3.05, 3.63) is 63.1 Å². The van der Waals surface area contributed by atoms with Crippen LogP contribution in [0.5, 0.6) is 0 Å². The van der Waals surface area contributed by atoms with Gasteiger partial charge in [0, 0.05) is 22.8 Å². The molecule has 2 aliphatic rings. The third kappa shape index (κ3) is 4.13. The number of nitrogens with one attached hydrogen (secondary N) is 1. The first-order valence-corrected chi connectivity index (χ1v) is 11.6. The van der Waals surface area contributed by atoms with Gasteiger partial charge in [-0.15, -0.1) is 0 Å². The Morgan fingerprint density at radius 2 is 1.79 bits per heavy atom. The third-order valence-electron chi connectivity index (χ3n) is 6.29. The van der Waals surface area contributed by atoms with Gasteiger partial charge in [-0.05, 0) is 80.6 Å². The molecule has 4 rings (SSSR count). The molecule has 0 spiro atoms. The first kappa shape index (κ1) is 23.3. The maximum atomic E-state index is 13.2. The van der Waals surface area contributed by atoms with Crippen molar-refractivity contribution in [2.24, 2.45) is 0 Å². The molecule has 2 aromatic carbocycles. The lowest BCUT2D eigenvalue weighted by atomic mass is 9.79. The molecule has 0 aromatic heterocycles. The zero-order valence-electron chi connectivity index (χ0n) is 18.9. The van der Waals surface area contributed by atoms with E-state index in [0.717, 1.165) is 23.6 Å². The van der Waals surface area contributed by atoms with Gasteiger partial charge < -0.3 is 4.90 Å². The highest BCUT2D eigenvalue weighted by Gasteiger charge is 2.38. The van der Waals surface area contributed by atoms with E-state index in [1.54, 1.807) is 0 Å². The first-order valence-electron chi connectivity index (χ1n) is 10.8. The molecule has 33 heavy (non-hydrogen) atoms. The number of urea groups is 1. The highest BCUT2D eigenvalue weighted by Crippen LogP contribution is 2.43. The van der Waals surface area contributed by atoms with Crippen LogP contribution in [0.4, 0.5) is 16.2 Å². The van der Waals surface area contributed by atoms with Crippen molar-refractivity contribution in [2.75, 3.05) is 16.3 Å². The van der Waals surface area contributed by atoms with Crippen LogP contribution in [0.3, 0.4) is 0 Å². The highest BCUT2D eigenvalue weighted by molar-refractivity contribution is 6.42. The van der Waals surface area contributed by atoms with E-state index in [9.17, 15) is 14.4 Å². The smallest absolute Gasteiger partial charge is 0.335 e. The fraction of sp³-hybridized carbons (Fsp3) is 0.320. The molecule has 1 unspecified atom stereocenters. The van der Waals surface area contributed by atoms with Gasteiger partial charge in [-0.1, -0.05) is 36.2 Å². The van der Waals surface area contributed by atoms with E-state index >= 15 is 0 Å². The molecular formula is C25H25Cl2N3O3. The van der Waals surface area contributed by atoms with Crippen molar-refractivity contribution in [1.82, 2.24) is 5.32 Å². The molecule has 1 fully saturated rings. The number of amides is 4. The van der Waals surface area contributed by atoms with Gasteiger partial charge in [0.1, 0.15) is 5.57 Å². The minimum atomic E-state index is -0.855. The standard InChI is InChI=1S/C25H25Cl2N3O3/c1-5-29-20-8-6-15(10-17(20)14(2)13-25(29,3)4)11-18-22(31)28-24(33)30(23(18)32)21-9-7-16(26)12-19(21)27/h6-12,14H,5,13H2,1-4H3,(H,28,31,33)/b18-11+. The van der Waals surface area contributed by atoms with Crippen molar-refractivity contribution < 1.29 is 14.4 Å². The molecule has 1 saturated heterocycles. The van der Waals surface area contributed by atoms with Crippen LogP contribution in [-0.2, 0) is 9.59 Å². The molecule has 2 aliphatic heterocycles. The maximum absolute atomic E-state index is 13.2. The Bertz CT molecular complexity index is 1210. The summed E-state index contributed by atoms with van der Waals surface area (Å²) in [5.41, 5.74) is 3.10. The number of fused-ring (bicyclic) bond motifs is 1. The molecule has 172 valence electrons. The van der Waals surface area contributed by atoms with Gasteiger partial charge in [-0.2, -0.15) is 0 Å². The molecule has 0 aliphatic carbocycles. The molecule has 6 nitrogen and oxygen atoms in total. The zero-order chi connectivity index (χ0) is 24.1. The minimum Gasteiger partial charge on any atom is -0.366 e. The van der Waals surface area contributed by atoms with Crippen LogP contribution in [0.15, 0.2) is 42.0 Å². The number of halogens is 2. The summed E-state index contributed by atoms with van der Waals surface area (Å²) in [6.45, 7) is 9.68. The van der Waals surface area contributed by atoms with Gasteiger partial charge >= 0.3 is 6.03 Å². The SMILES string of the molecule is CCN1c2ccc(/C=C3\C(=O)NC(=O)N(c4ccc(Cl)cc4Cl)C3=O)cc2C(C)CC1(C)C. The number of hydrogen-bond donors (Lipinski definition) is 1. The van der Waals surface area contributed by atoms with E-state index < -0.39 is 17.8 Å². The number of barbiturate groups is 1. The van der Waals surface area contributed by atoms with E-state index in [1.807, 2.05) is 18.2 Å². The highest BCUT2D eigenvalue weighted by atomic mass is 35.5. The minimum absolute atomic E-state index is 0.0408. The van der Waals surface area contributed by atoms with Gasteiger partial charge in [0.15, 0.2) is 0 Å². The van der Waals surface area contributed by atoms with Gasteiger partial charge in [0.05, 0.1) is 10.7 Å². The Morgan fingerprint density at radius 3 is 2.45 bits per heavy atom. The third-order valence-corrected chi connectivity index (χ3v) is 6.83. The van der Waals surface area contributed by atoms with Crippen LogP contribution < -0.4 is 15.1 Å². The molecule has 0 saturated carbocycles. The Morgan fingerprint density at radius 1 is 1.09 bits per heavy atom. The lowest BCUT2D eigenvalue weighted by Gasteiger charge is -2.47. The Hall–Kier alpha value is -2.83. The van der Waals surface area contributed by atoms with Crippen LogP contribution in [0.2, 0.25) is 10.0 Å². The van der Waals surface area contributed by atoms with Crippen molar-refractivity contribution >= 4 is 58.5 Å². The van der Waals surface area contributed by atoms with Crippen LogP contribution in [0.25, 0.3) is 6.08 Å². The van der Waals surface area contributed by atoms with Crippen LogP contribution in [0.1, 0.15) is 51.2 Å². The fourth-order valence-corrected chi connectivity index (χ4v) is 5.40. The molecule has 1 N–H and O–H groups in total. The molecule has 2 aromatic rings. The molecule has 8 heteroatoms. The van der Waals surface area contributed by atoms with E-state index in [4.69, 9.17) is 23.2 Å². The maximum Gasteiger partial charge on any atom is 0.335 e. The van der Waals surface area contributed by atoms with Crippen molar-refractivity contribution in [2.45, 2.75) is 45.6 Å². The van der Waals surface area contributed by atoms with Gasteiger partial charge in [-0.3, -0.25) is 14.9 Å². The largest absolute Gasteiger partial charge is 0.366 e. The summed E-state index contributed by atoms with van der Waals surface area (Å²) < 4.78 is 0. The fourth-order valence-electron chi connectivity index (χ4n) is 4.90. The second-order valence-electron chi connectivity index (χ2n) is 9.03. The van der Waals surface area contributed by atoms with E-state index in [-0.39, 0.29) is 21.8 Å². The topological polar surface area (TPSA) is 69.7 Å². The van der Waals surface area contributed by atoms with Crippen molar-refractivity contribution in [1.29, 1.82) is 0 Å². The lowest BCUT2D eigenvalue weighted by molar-refractivity contribution is -0.122. The Labute approximate surface area is 203 Å². The van der Waals surface area contributed by atoms with Gasteiger partial charge in [0.2, 0.25) is 0 Å². The summed E-state index contributed by atoms with van der Waals surface area (Å²) in [5.74, 6) is -1.17. The van der Waals surface area contributed by atoms with Crippen molar-refractivity contribution in [3.63, 3.8) is 0 Å². The lowest BCUT2D eigenvalue weighted by Crippen LogP contribution is -2.54. The quantitative estimate of drug-likeness (QED) is 0.442. The van der Waals surface area contributed by atoms with Gasteiger partial charge in [-0.25, -0.2) is 9.69 Å². The number of anilines is 2. The second-order valence-corrected chi connectivity index (χ2v) is 9.88. The molecule has 1 atom stereocenters. The zero-order valence-corrected chi connectivity index (χ0v) is 20.4. The summed E-state index contributed by atoms with van der Waals surface area (Å²) in [4.78, 5) is 41.5. The average molecular weight is 486 g/mol. The molecule has 0 bridgehead atoms. The molecular weight excluding hydrogens is 461 g/mol. The number of carbonyl (C=O) groups is 3. The molecule has 0 radical (unpaired) electrons. The monoisotopic (exact) mass is 485 g/mol. The normalized spacial score (nSPS) is 21.3. The second kappa shape index (κ2) is 8.50. The number of nitrogens with zero attached hydrogens (tertiary/aromatic N) is 2. The van der Waals surface area contributed by atoms with Crippen LogP contribution in [0, 0.1) is 0 Å². The predicted molar refractivity (Wildman–Crippen MR) is 132 cm³/mol. The summed E-state index contributed by atoms with van der Waals surface area (Å²) in [6, 6.07) is 9.51. The molecule has 4 amide bonds. The van der Waals surface area contributed by atoms with Crippen LogP contribution >= 0.6 is 23.2 Å². The number of hydrogen-bond acceptors (Lipinski definition) is 4. The van der Waals surface area contributed by atoms with E-state index in [1.165, 1.54) is 29.8 Å². The average Bonchev–Trinajstić information content (AvgIpc) is 2.72. The van der Waals surface area contributed by atoms with Crippen LogP contribution in [-0.4, -0.2) is 29.9 Å². The Kier molecular flexibility index (Phi) is 6.01. The summed E-state index contributed by atoms with van der Waals surface area (Å²) in [6.07, 6.45) is 2.51. The first-order chi connectivity index (χ1) is 15.5. The molecule has 2 heterocycles. The summed E-state index contributed by atoms with van der Waals surface area (Å²) in [5, 5.41) is 2.73. The summed E-state index contributed by atoms with van der Waals surface area (Å²) in [7, 11) is 0. The number of rotatable bonds is 3. The predicted octanol–water partition coefficient (Wildman–Crippen LogP) is 5.77. The summed E-state index contributed by atoms with van der Waals surface area (Å²) >= 11 is 12.2.